The van der Waals surface area contributed by atoms with Crippen molar-refractivity contribution in [3.8, 4) is 0 Å². The lowest BCUT2D eigenvalue weighted by Gasteiger charge is -2.39. The molecule has 0 radical (unpaired) electrons. The first kappa shape index (κ1) is 17.6. The number of ether oxygens (including phenoxy) is 2. The summed E-state index contributed by atoms with van der Waals surface area (Å²) in [6, 6.07) is 0. The van der Waals surface area contributed by atoms with Gasteiger partial charge in [0, 0.05) is 25.0 Å². The molecule has 0 aromatic heterocycles. The van der Waals surface area contributed by atoms with Crippen molar-refractivity contribution in [2.45, 2.75) is 70.5 Å². The van der Waals surface area contributed by atoms with E-state index >= 15 is 0 Å². The summed E-state index contributed by atoms with van der Waals surface area (Å²) in [4.78, 5) is 12.1. The Labute approximate surface area is 144 Å². The molecule has 1 heterocycles. The van der Waals surface area contributed by atoms with Gasteiger partial charge in [-0.05, 0) is 51.4 Å². The first-order valence-electron chi connectivity index (χ1n) is 9.43. The number of carbonyl (C=O) groups excluding carboxylic acids is 1. The highest BCUT2D eigenvalue weighted by atomic mass is 16.7. The van der Waals surface area contributed by atoms with Crippen molar-refractivity contribution < 1.29 is 14.3 Å². The highest BCUT2D eigenvalue weighted by Gasteiger charge is 2.45. The number of carbonyl (C=O) groups is 1. The Morgan fingerprint density at radius 2 is 2.21 bits per heavy atom. The fourth-order valence-electron chi connectivity index (χ4n) is 4.10. The van der Waals surface area contributed by atoms with E-state index < -0.39 is 5.79 Å². The van der Waals surface area contributed by atoms with Gasteiger partial charge in [-0.25, -0.2) is 5.43 Å². The van der Waals surface area contributed by atoms with Crippen molar-refractivity contribution in [1.82, 2.24) is 5.43 Å². The van der Waals surface area contributed by atoms with Crippen LogP contribution < -0.4 is 5.43 Å². The van der Waals surface area contributed by atoms with E-state index in [1.807, 2.05) is 6.21 Å². The number of rotatable bonds is 5. The predicted molar refractivity (Wildman–Crippen MR) is 93.6 cm³/mol. The zero-order chi connectivity index (χ0) is 16.8. The second kappa shape index (κ2) is 8.26. The Bertz CT molecular complexity index is 495. The van der Waals surface area contributed by atoms with Crippen LogP contribution in [0.5, 0.6) is 0 Å². The van der Waals surface area contributed by atoms with Crippen molar-refractivity contribution in [3.63, 3.8) is 0 Å². The van der Waals surface area contributed by atoms with Crippen molar-refractivity contribution in [2.75, 3.05) is 13.2 Å². The Morgan fingerprint density at radius 1 is 1.38 bits per heavy atom. The summed E-state index contributed by atoms with van der Waals surface area (Å²) in [6.07, 6.45) is 13.2. The molecule has 1 saturated carbocycles. The lowest BCUT2D eigenvalue weighted by molar-refractivity contribution is -0.213. The van der Waals surface area contributed by atoms with E-state index in [-0.39, 0.29) is 5.91 Å². The minimum absolute atomic E-state index is 0.00694. The molecule has 5 nitrogen and oxygen atoms in total. The summed E-state index contributed by atoms with van der Waals surface area (Å²) in [6.45, 7) is 3.54. The van der Waals surface area contributed by atoms with Gasteiger partial charge in [0.2, 0.25) is 5.91 Å². The molecule has 24 heavy (non-hydrogen) atoms. The normalized spacial score (nSPS) is 29.8. The summed E-state index contributed by atoms with van der Waals surface area (Å²) in [5.41, 5.74) is 4.15. The van der Waals surface area contributed by atoms with E-state index in [4.69, 9.17) is 9.47 Å². The fraction of sp³-hybridized carbons (Fsp3) is 0.789. The highest BCUT2D eigenvalue weighted by Crippen LogP contribution is 2.42. The molecule has 2 aliphatic carbocycles. The van der Waals surface area contributed by atoms with Crippen molar-refractivity contribution in [1.29, 1.82) is 0 Å². The van der Waals surface area contributed by atoms with Gasteiger partial charge in [-0.1, -0.05) is 18.1 Å². The molecule has 1 amide bonds. The molecule has 3 rings (SSSR count). The van der Waals surface area contributed by atoms with Crippen LogP contribution in [-0.2, 0) is 14.3 Å². The molecule has 2 fully saturated rings. The third-order valence-corrected chi connectivity index (χ3v) is 5.60. The van der Waals surface area contributed by atoms with Gasteiger partial charge in [-0.15, -0.1) is 0 Å². The standard InChI is InChI=1S/C19H30N2O3/c1-15-5-7-16(8-6-15)14-20-21-18(22)10-9-17-4-2-3-11-19(17)23-12-13-24-19/h5,14,16-17H,2-4,6-13H2,1H3,(H,21,22)/b20-14-/t16-,17+/m1/s1. The number of allylic oxidation sites excluding steroid dienone is 2. The zero-order valence-electron chi connectivity index (χ0n) is 14.8. The van der Waals surface area contributed by atoms with Gasteiger partial charge in [0.15, 0.2) is 5.79 Å². The molecule has 2 atom stereocenters. The molecule has 1 aliphatic heterocycles. The van der Waals surface area contributed by atoms with E-state index in [2.05, 4.69) is 23.5 Å². The predicted octanol–water partition coefficient (Wildman–Crippen LogP) is 3.55. The van der Waals surface area contributed by atoms with Crippen molar-refractivity contribution in [2.24, 2.45) is 16.9 Å². The molecule has 0 aromatic rings. The molecule has 134 valence electrons. The van der Waals surface area contributed by atoms with Gasteiger partial charge in [-0.2, -0.15) is 5.10 Å². The second-order valence-electron chi connectivity index (χ2n) is 7.39. The molecule has 0 bridgehead atoms. The number of nitrogens with one attached hydrogen (secondary N) is 1. The number of hydrazone groups is 1. The molecule has 0 unspecified atom stereocenters. The van der Waals surface area contributed by atoms with Gasteiger partial charge in [0.05, 0.1) is 13.2 Å². The molecule has 0 aromatic carbocycles. The maximum Gasteiger partial charge on any atom is 0.240 e. The van der Waals surface area contributed by atoms with Gasteiger partial charge < -0.3 is 9.47 Å². The number of amides is 1. The average molecular weight is 334 g/mol. The van der Waals surface area contributed by atoms with E-state index in [1.54, 1.807) is 0 Å². The summed E-state index contributed by atoms with van der Waals surface area (Å²) in [7, 11) is 0. The van der Waals surface area contributed by atoms with Gasteiger partial charge in [-0.3, -0.25) is 4.79 Å². The van der Waals surface area contributed by atoms with Crippen LogP contribution in [0.25, 0.3) is 0 Å². The minimum atomic E-state index is -0.409. The minimum Gasteiger partial charge on any atom is -0.347 e. The number of hydrogen-bond donors (Lipinski definition) is 1. The summed E-state index contributed by atoms with van der Waals surface area (Å²) in [5.74, 6) is 0.368. The number of hydrogen-bond acceptors (Lipinski definition) is 4. The van der Waals surface area contributed by atoms with Crippen LogP contribution in [-0.4, -0.2) is 31.1 Å². The first-order valence-corrected chi connectivity index (χ1v) is 9.43. The van der Waals surface area contributed by atoms with Gasteiger partial charge >= 0.3 is 0 Å². The molecule has 1 spiro atoms. The van der Waals surface area contributed by atoms with Crippen LogP contribution in [0.4, 0.5) is 0 Å². The van der Waals surface area contributed by atoms with E-state index in [1.165, 1.54) is 12.0 Å². The molecule has 5 heteroatoms. The average Bonchev–Trinajstić information content (AvgIpc) is 3.05. The molecular formula is C19H30N2O3. The SMILES string of the molecule is CC1=CC[C@@H](/C=N\NC(=O)CC[C@@H]2CCCCC23OCCO3)CC1. The zero-order valence-corrected chi connectivity index (χ0v) is 14.8. The molecule has 3 aliphatic rings. The molecule has 1 N–H and O–H groups in total. The summed E-state index contributed by atoms with van der Waals surface area (Å²) >= 11 is 0. The quantitative estimate of drug-likeness (QED) is 0.475. The lowest BCUT2D eigenvalue weighted by atomic mass is 9.80. The van der Waals surface area contributed by atoms with Crippen LogP contribution in [0.2, 0.25) is 0 Å². The van der Waals surface area contributed by atoms with E-state index in [9.17, 15) is 4.79 Å². The Balaban J connectivity index is 1.40. The Hall–Kier alpha value is -1.20. The van der Waals surface area contributed by atoms with Gasteiger partial charge in [0.1, 0.15) is 0 Å². The maximum absolute atomic E-state index is 12.1. The third-order valence-electron chi connectivity index (χ3n) is 5.60. The van der Waals surface area contributed by atoms with Gasteiger partial charge in [0.25, 0.3) is 0 Å². The lowest BCUT2D eigenvalue weighted by Crippen LogP contribution is -2.42. The maximum atomic E-state index is 12.1. The fourth-order valence-corrected chi connectivity index (χ4v) is 4.10. The highest BCUT2D eigenvalue weighted by molar-refractivity contribution is 5.76. The first-order chi connectivity index (χ1) is 11.7. The van der Waals surface area contributed by atoms with E-state index in [0.717, 1.165) is 44.9 Å². The molecular weight excluding hydrogens is 304 g/mol. The monoisotopic (exact) mass is 334 g/mol. The topological polar surface area (TPSA) is 59.9 Å². The summed E-state index contributed by atoms with van der Waals surface area (Å²) < 4.78 is 11.8. The van der Waals surface area contributed by atoms with Crippen molar-refractivity contribution in [3.05, 3.63) is 11.6 Å². The van der Waals surface area contributed by atoms with Crippen LogP contribution in [0, 0.1) is 11.8 Å². The van der Waals surface area contributed by atoms with Crippen LogP contribution >= 0.6 is 0 Å². The third kappa shape index (κ3) is 4.45. The molecule has 1 saturated heterocycles. The van der Waals surface area contributed by atoms with Crippen LogP contribution in [0.1, 0.15) is 64.7 Å². The summed E-state index contributed by atoms with van der Waals surface area (Å²) in [5, 5.41) is 4.16. The Morgan fingerprint density at radius 3 is 2.96 bits per heavy atom. The largest absolute Gasteiger partial charge is 0.347 e. The van der Waals surface area contributed by atoms with Crippen LogP contribution in [0.3, 0.4) is 0 Å². The van der Waals surface area contributed by atoms with E-state index in [0.29, 0.717) is 31.5 Å². The van der Waals surface area contributed by atoms with Crippen LogP contribution in [0.15, 0.2) is 16.8 Å². The Kier molecular flexibility index (Phi) is 6.06. The number of nitrogens with zero attached hydrogens (tertiary/aromatic N) is 1. The smallest absolute Gasteiger partial charge is 0.240 e. The van der Waals surface area contributed by atoms with Crippen molar-refractivity contribution >= 4 is 12.1 Å². The second-order valence-corrected chi connectivity index (χ2v) is 7.39.